The fourth-order valence-corrected chi connectivity index (χ4v) is 3.15. The van der Waals surface area contributed by atoms with Gasteiger partial charge in [0, 0.05) is 10.6 Å². The molecule has 0 spiro atoms. The lowest BCUT2D eigenvalue weighted by Crippen LogP contribution is -2.03. The third-order valence-electron chi connectivity index (χ3n) is 3.06. The summed E-state index contributed by atoms with van der Waals surface area (Å²) in [4.78, 5) is -0.555. The van der Waals surface area contributed by atoms with Gasteiger partial charge in [-0.25, -0.2) is 8.42 Å². The number of para-hydroxylation sites is 1. The van der Waals surface area contributed by atoms with Gasteiger partial charge in [-0.2, -0.15) is 5.26 Å². The Balaban J connectivity index is 2.55. The first-order chi connectivity index (χ1) is 10.9. The predicted octanol–water partition coefficient (Wildman–Crippen LogP) is 3.39. The summed E-state index contributed by atoms with van der Waals surface area (Å²) in [5.74, 6) is -0.0611. The number of hydrogen-bond acceptors (Lipinski definition) is 5. The van der Waals surface area contributed by atoms with Crippen molar-refractivity contribution < 1.29 is 18.3 Å². The van der Waals surface area contributed by atoms with E-state index in [9.17, 15) is 18.8 Å². The molecule has 0 aromatic heterocycles. The summed E-state index contributed by atoms with van der Waals surface area (Å²) in [7, 11) is -2.64. The number of nitrogens with zero attached hydrogens (tertiary/aromatic N) is 1. The third kappa shape index (κ3) is 3.47. The van der Waals surface area contributed by atoms with Crippen LogP contribution in [0, 0.1) is 11.3 Å². The second-order valence-corrected chi connectivity index (χ2v) is 6.83. The maximum Gasteiger partial charge on any atom is 0.216 e. The number of aromatic hydroxyl groups is 1. The van der Waals surface area contributed by atoms with Gasteiger partial charge < -0.3 is 9.84 Å². The number of rotatable bonds is 4. The molecule has 0 aliphatic heterocycles. The minimum atomic E-state index is -4.01. The number of halogens is 1. The summed E-state index contributed by atoms with van der Waals surface area (Å²) in [5, 5.41) is 19.6. The van der Waals surface area contributed by atoms with E-state index in [1.54, 1.807) is 12.1 Å². The Hall–Kier alpha value is -2.49. The van der Waals surface area contributed by atoms with E-state index in [0.29, 0.717) is 5.02 Å². The second-order valence-electron chi connectivity index (χ2n) is 4.48. The van der Waals surface area contributed by atoms with Crippen LogP contribution in [0.4, 0.5) is 0 Å². The van der Waals surface area contributed by atoms with Gasteiger partial charge in [-0.15, -0.1) is 0 Å². The van der Waals surface area contributed by atoms with Crippen LogP contribution in [-0.4, -0.2) is 20.6 Å². The lowest BCUT2D eigenvalue weighted by molar-refractivity contribution is 0.373. The van der Waals surface area contributed by atoms with Crippen LogP contribution in [0.2, 0.25) is 5.02 Å². The van der Waals surface area contributed by atoms with Crippen molar-refractivity contribution in [1.82, 2.24) is 0 Å². The Kier molecular flexibility index (Phi) is 4.94. The maximum absolute atomic E-state index is 12.5. The van der Waals surface area contributed by atoms with E-state index in [4.69, 9.17) is 16.3 Å². The van der Waals surface area contributed by atoms with Gasteiger partial charge in [0.2, 0.25) is 9.84 Å². The van der Waals surface area contributed by atoms with Gasteiger partial charge in [-0.1, -0.05) is 23.7 Å². The summed E-state index contributed by atoms with van der Waals surface area (Å²) in [6.45, 7) is 0. The highest BCUT2D eigenvalue weighted by Crippen LogP contribution is 2.32. The van der Waals surface area contributed by atoms with Crippen LogP contribution in [0.3, 0.4) is 0 Å². The molecule has 0 aliphatic carbocycles. The molecule has 0 unspecified atom stereocenters. The fraction of sp³-hybridized carbons (Fsp3) is 0.0625. The molecule has 5 nitrogen and oxygen atoms in total. The van der Waals surface area contributed by atoms with E-state index in [2.05, 4.69) is 0 Å². The molecule has 0 saturated heterocycles. The van der Waals surface area contributed by atoms with Crippen LogP contribution in [0.15, 0.2) is 52.3 Å². The number of phenolic OH excluding ortho intramolecular Hbond substituents is 1. The SMILES string of the molecule is COc1cccc(C=C(C#N)S(=O)(=O)c2ccc(Cl)cc2)c1O. The van der Waals surface area contributed by atoms with Crippen LogP contribution < -0.4 is 4.74 Å². The van der Waals surface area contributed by atoms with Crippen molar-refractivity contribution in [3.63, 3.8) is 0 Å². The first-order valence-electron chi connectivity index (χ1n) is 6.38. The molecule has 0 aliphatic rings. The highest BCUT2D eigenvalue weighted by atomic mass is 35.5. The average Bonchev–Trinajstić information content (AvgIpc) is 2.54. The summed E-state index contributed by atoms with van der Waals surface area (Å²) in [6, 6.07) is 11.7. The van der Waals surface area contributed by atoms with Crippen molar-refractivity contribution in [2.24, 2.45) is 0 Å². The summed E-state index contributed by atoms with van der Waals surface area (Å²) < 4.78 is 30.0. The van der Waals surface area contributed by atoms with E-state index in [1.165, 1.54) is 43.5 Å². The number of sulfone groups is 1. The third-order valence-corrected chi connectivity index (χ3v) is 4.99. The first kappa shape index (κ1) is 16.9. The minimum Gasteiger partial charge on any atom is -0.504 e. The number of phenols is 1. The first-order valence-corrected chi connectivity index (χ1v) is 8.24. The fourth-order valence-electron chi connectivity index (χ4n) is 1.87. The second kappa shape index (κ2) is 6.73. The molecule has 0 amide bonds. The molecule has 0 bridgehead atoms. The molecule has 2 aromatic carbocycles. The molecule has 0 fully saturated rings. The lowest BCUT2D eigenvalue weighted by Gasteiger charge is -2.07. The van der Waals surface area contributed by atoms with Crippen molar-refractivity contribution in [3.8, 4) is 17.6 Å². The van der Waals surface area contributed by atoms with Gasteiger partial charge in [0.15, 0.2) is 11.5 Å². The van der Waals surface area contributed by atoms with E-state index in [0.717, 1.165) is 6.08 Å². The van der Waals surface area contributed by atoms with Gasteiger partial charge in [0.25, 0.3) is 0 Å². The van der Waals surface area contributed by atoms with Crippen molar-refractivity contribution in [1.29, 1.82) is 5.26 Å². The average molecular weight is 350 g/mol. The minimum absolute atomic E-state index is 0.0583. The monoisotopic (exact) mass is 349 g/mol. The van der Waals surface area contributed by atoms with Gasteiger partial charge in [-0.3, -0.25) is 0 Å². The van der Waals surface area contributed by atoms with Crippen LogP contribution >= 0.6 is 11.6 Å². The van der Waals surface area contributed by atoms with Gasteiger partial charge in [-0.05, 0) is 36.4 Å². The number of methoxy groups -OCH3 is 1. The van der Waals surface area contributed by atoms with E-state index in [1.807, 2.05) is 0 Å². The highest BCUT2D eigenvalue weighted by molar-refractivity contribution is 7.95. The Morgan fingerprint density at radius 1 is 1.26 bits per heavy atom. The number of hydrogen-bond donors (Lipinski definition) is 1. The van der Waals surface area contributed by atoms with Crippen molar-refractivity contribution >= 4 is 27.5 Å². The molecule has 0 radical (unpaired) electrons. The Morgan fingerprint density at radius 2 is 1.91 bits per heavy atom. The quantitative estimate of drug-likeness (QED) is 0.855. The molecule has 1 N–H and O–H groups in total. The normalized spacial score (nSPS) is 11.8. The van der Waals surface area contributed by atoms with E-state index >= 15 is 0 Å². The lowest BCUT2D eigenvalue weighted by atomic mass is 10.1. The summed E-state index contributed by atoms with van der Waals surface area (Å²) >= 11 is 5.74. The molecule has 0 saturated carbocycles. The standard InChI is InChI=1S/C16H12ClNO4S/c1-22-15-4-2-3-11(16(15)19)9-14(10-18)23(20,21)13-7-5-12(17)6-8-13/h2-9,19H,1H3. The molecule has 0 atom stereocenters. The van der Waals surface area contributed by atoms with Crippen molar-refractivity contribution in [2.75, 3.05) is 7.11 Å². The molecule has 118 valence electrons. The Bertz CT molecular complexity index is 897. The van der Waals surface area contributed by atoms with Crippen LogP contribution in [0.5, 0.6) is 11.5 Å². The maximum atomic E-state index is 12.5. The summed E-state index contributed by atoms with van der Waals surface area (Å²) in [5.41, 5.74) is 0.165. The molecule has 7 heteroatoms. The molecule has 2 aromatic rings. The topological polar surface area (TPSA) is 87.4 Å². The molecule has 0 heterocycles. The van der Waals surface area contributed by atoms with Crippen molar-refractivity contribution in [3.05, 3.63) is 58.0 Å². The van der Waals surface area contributed by atoms with Gasteiger partial charge in [0.1, 0.15) is 11.0 Å². The zero-order valence-corrected chi connectivity index (χ0v) is 13.6. The van der Waals surface area contributed by atoms with E-state index in [-0.39, 0.29) is 22.0 Å². The summed E-state index contributed by atoms with van der Waals surface area (Å²) in [6.07, 6.45) is 1.10. The van der Waals surface area contributed by atoms with Crippen LogP contribution in [0.25, 0.3) is 6.08 Å². The van der Waals surface area contributed by atoms with Crippen LogP contribution in [-0.2, 0) is 9.84 Å². The number of benzene rings is 2. The van der Waals surface area contributed by atoms with Gasteiger partial charge in [0.05, 0.1) is 12.0 Å². The molecular weight excluding hydrogens is 338 g/mol. The molecule has 23 heavy (non-hydrogen) atoms. The molecule has 2 rings (SSSR count). The van der Waals surface area contributed by atoms with Gasteiger partial charge >= 0.3 is 0 Å². The number of nitriles is 1. The zero-order chi connectivity index (χ0) is 17.0. The van der Waals surface area contributed by atoms with Crippen LogP contribution in [0.1, 0.15) is 5.56 Å². The molecular formula is C16H12ClNO4S. The Morgan fingerprint density at radius 3 is 2.48 bits per heavy atom. The predicted molar refractivity (Wildman–Crippen MR) is 86.9 cm³/mol. The van der Waals surface area contributed by atoms with E-state index < -0.39 is 14.7 Å². The number of allylic oxidation sites excluding steroid dienone is 1. The zero-order valence-electron chi connectivity index (χ0n) is 12.0. The Labute approximate surface area is 138 Å². The highest BCUT2D eigenvalue weighted by Gasteiger charge is 2.21. The smallest absolute Gasteiger partial charge is 0.216 e. The van der Waals surface area contributed by atoms with Crippen molar-refractivity contribution in [2.45, 2.75) is 4.90 Å². The number of ether oxygens (including phenoxy) is 1. The largest absolute Gasteiger partial charge is 0.504 e.